The summed E-state index contributed by atoms with van der Waals surface area (Å²) in [6.07, 6.45) is 0. The highest BCUT2D eigenvalue weighted by Crippen LogP contribution is 2.34. The summed E-state index contributed by atoms with van der Waals surface area (Å²) in [6.45, 7) is 1.77. The van der Waals surface area contributed by atoms with Crippen molar-refractivity contribution < 1.29 is 9.90 Å². The highest BCUT2D eigenvalue weighted by atomic mass is 32.2. The molecule has 0 unspecified atom stereocenters. The zero-order valence-electron chi connectivity index (χ0n) is 14.5. The Bertz CT molecular complexity index is 1440. The molecule has 28 heavy (non-hydrogen) atoms. The fourth-order valence-corrected chi connectivity index (χ4v) is 5.39. The van der Waals surface area contributed by atoms with Gasteiger partial charge in [0.25, 0.3) is 0 Å². The number of pyridine rings is 1. The molecule has 5 aromatic rings. The fraction of sp³-hybridized carbons (Fsp3) is 0.111. The Morgan fingerprint density at radius 2 is 2.18 bits per heavy atom. The number of benzene rings is 1. The van der Waals surface area contributed by atoms with Crippen molar-refractivity contribution in [3.8, 4) is 0 Å². The summed E-state index contributed by atoms with van der Waals surface area (Å²) in [7, 11) is 0. The molecule has 0 saturated carbocycles. The van der Waals surface area contributed by atoms with Gasteiger partial charge in [0.2, 0.25) is 11.3 Å². The van der Waals surface area contributed by atoms with Crippen LogP contribution in [0.3, 0.4) is 0 Å². The smallest absolute Gasteiger partial charge is 0.346 e. The average molecular weight is 411 g/mol. The minimum atomic E-state index is -0.989. The number of thiophene rings is 1. The third kappa shape index (κ3) is 2.53. The number of H-pyrrole nitrogens is 2. The third-order valence-corrected chi connectivity index (χ3v) is 6.75. The molecule has 0 aliphatic rings. The second-order valence-electron chi connectivity index (χ2n) is 6.28. The first kappa shape index (κ1) is 17.0. The summed E-state index contributed by atoms with van der Waals surface area (Å²) >= 11 is 2.55. The molecule has 0 bridgehead atoms. The number of fused-ring (bicyclic) bond motifs is 4. The van der Waals surface area contributed by atoms with Crippen molar-refractivity contribution in [2.75, 3.05) is 0 Å². The van der Waals surface area contributed by atoms with E-state index in [0.717, 1.165) is 38.5 Å². The number of nitrogens with zero attached hydrogens (tertiary/aromatic N) is 3. The summed E-state index contributed by atoms with van der Waals surface area (Å²) in [5.74, 6) is 0.139. The molecule has 0 radical (unpaired) electrons. The molecule has 10 heteroatoms. The molecule has 0 spiro atoms. The lowest BCUT2D eigenvalue weighted by molar-refractivity contribution is 0.0701. The topological polar surface area (TPSA) is 116 Å². The van der Waals surface area contributed by atoms with Gasteiger partial charge in [-0.1, -0.05) is 23.9 Å². The van der Waals surface area contributed by atoms with Gasteiger partial charge in [-0.15, -0.1) is 16.4 Å². The number of aromatic nitrogens is 5. The van der Waals surface area contributed by atoms with Crippen LogP contribution in [0.2, 0.25) is 0 Å². The number of aromatic carboxylic acids is 1. The Morgan fingerprint density at radius 3 is 3.00 bits per heavy atom. The summed E-state index contributed by atoms with van der Waals surface area (Å²) < 4.78 is 1.94. The Balaban J connectivity index is 1.59. The molecule has 140 valence electrons. The molecular formula is C18H13N5O3S2. The van der Waals surface area contributed by atoms with Crippen LogP contribution in [0.4, 0.5) is 0 Å². The molecule has 5 rings (SSSR count). The Kier molecular flexibility index (Phi) is 3.78. The van der Waals surface area contributed by atoms with Crippen molar-refractivity contribution in [1.29, 1.82) is 0 Å². The fourth-order valence-electron chi connectivity index (χ4n) is 3.37. The number of hydrogen-bond donors (Lipinski definition) is 3. The van der Waals surface area contributed by atoms with Gasteiger partial charge in [0.05, 0.1) is 11.0 Å². The van der Waals surface area contributed by atoms with Gasteiger partial charge < -0.3 is 10.1 Å². The Hall–Kier alpha value is -3.11. The molecular weight excluding hydrogens is 398 g/mol. The summed E-state index contributed by atoms with van der Waals surface area (Å²) in [4.78, 5) is 31.6. The maximum absolute atomic E-state index is 12.1. The van der Waals surface area contributed by atoms with Crippen LogP contribution >= 0.6 is 23.1 Å². The number of hydrogen-bond acceptors (Lipinski definition) is 6. The lowest BCUT2D eigenvalue weighted by Crippen LogP contribution is -2.05. The highest BCUT2D eigenvalue weighted by Gasteiger charge is 2.19. The van der Waals surface area contributed by atoms with Crippen LogP contribution in [-0.4, -0.2) is 35.6 Å². The first-order chi connectivity index (χ1) is 13.5. The molecule has 0 aliphatic heterocycles. The molecule has 0 saturated heterocycles. The van der Waals surface area contributed by atoms with Crippen LogP contribution in [-0.2, 0) is 5.75 Å². The van der Waals surface area contributed by atoms with Crippen LogP contribution in [0.15, 0.2) is 40.3 Å². The lowest BCUT2D eigenvalue weighted by atomic mass is 10.1. The third-order valence-electron chi connectivity index (χ3n) is 4.56. The summed E-state index contributed by atoms with van der Waals surface area (Å²) in [5, 5.41) is 18.2. The predicted octanol–water partition coefficient (Wildman–Crippen LogP) is 3.41. The number of para-hydroxylation sites is 2. The van der Waals surface area contributed by atoms with Gasteiger partial charge in [0, 0.05) is 17.2 Å². The second kappa shape index (κ2) is 6.21. The molecule has 4 aromatic heterocycles. The quantitative estimate of drug-likeness (QED) is 0.390. The summed E-state index contributed by atoms with van der Waals surface area (Å²) in [6, 6.07) is 9.31. The minimum absolute atomic E-state index is 0.242. The van der Waals surface area contributed by atoms with Crippen molar-refractivity contribution in [2.24, 2.45) is 0 Å². The number of carbonyl (C=O) groups is 1. The SMILES string of the molecule is Cc1c(C(=O)O)sc2[nH]c(=O)cc(CSc3n[nH]c4nc5ccccc5n34)c12. The predicted molar refractivity (Wildman–Crippen MR) is 109 cm³/mol. The van der Waals surface area contributed by atoms with Gasteiger partial charge in [-0.05, 0) is 30.2 Å². The van der Waals surface area contributed by atoms with E-state index in [4.69, 9.17) is 0 Å². The number of aromatic amines is 2. The van der Waals surface area contributed by atoms with E-state index in [1.807, 2.05) is 28.7 Å². The first-order valence-corrected chi connectivity index (χ1v) is 10.2. The van der Waals surface area contributed by atoms with Gasteiger partial charge in [0.15, 0.2) is 5.16 Å². The minimum Gasteiger partial charge on any atom is -0.477 e. The lowest BCUT2D eigenvalue weighted by Gasteiger charge is -2.04. The molecule has 8 nitrogen and oxygen atoms in total. The number of nitrogens with one attached hydrogen (secondary N) is 2. The number of thioether (sulfide) groups is 1. The number of imidazole rings is 1. The Labute approximate surface area is 165 Å². The van der Waals surface area contributed by atoms with Crippen molar-refractivity contribution >= 4 is 56.1 Å². The Morgan fingerprint density at radius 1 is 1.36 bits per heavy atom. The van der Waals surface area contributed by atoms with Crippen molar-refractivity contribution in [3.05, 3.63) is 56.7 Å². The van der Waals surface area contributed by atoms with Crippen LogP contribution in [0.25, 0.3) is 27.0 Å². The normalized spacial score (nSPS) is 11.8. The first-order valence-electron chi connectivity index (χ1n) is 8.36. The van der Waals surface area contributed by atoms with Crippen LogP contribution in [0.1, 0.15) is 20.8 Å². The van der Waals surface area contributed by atoms with Crippen LogP contribution in [0, 0.1) is 6.92 Å². The second-order valence-corrected chi connectivity index (χ2v) is 8.24. The van der Waals surface area contributed by atoms with Crippen molar-refractivity contribution in [2.45, 2.75) is 17.8 Å². The number of aryl methyl sites for hydroxylation is 1. The molecule has 3 N–H and O–H groups in total. The maximum Gasteiger partial charge on any atom is 0.346 e. The average Bonchev–Trinajstić information content (AvgIpc) is 3.31. The van der Waals surface area contributed by atoms with E-state index in [9.17, 15) is 14.7 Å². The van der Waals surface area contributed by atoms with Gasteiger partial charge in [-0.2, -0.15) is 0 Å². The zero-order valence-corrected chi connectivity index (χ0v) is 16.1. The number of carboxylic acids is 1. The highest BCUT2D eigenvalue weighted by molar-refractivity contribution is 7.98. The van der Waals surface area contributed by atoms with E-state index in [1.165, 1.54) is 17.8 Å². The van der Waals surface area contributed by atoms with E-state index in [-0.39, 0.29) is 10.4 Å². The van der Waals surface area contributed by atoms with Gasteiger partial charge in [-0.3, -0.25) is 9.20 Å². The molecule has 0 amide bonds. The van der Waals surface area contributed by atoms with E-state index in [1.54, 1.807) is 6.92 Å². The van der Waals surface area contributed by atoms with E-state index >= 15 is 0 Å². The molecule has 0 atom stereocenters. The van der Waals surface area contributed by atoms with Gasteiger partial charge in [0.1, 0.15) is 9.71 Å². The maximum atomic E-state index is 12.1. The van der Waals surface area contributed by atoms with Gasteiger partial charge >= 0.3 is 5.97 Å². The van der Waals surface area contributed by atoms with E-state index in [0.29, 0.717) is 21.9 Å². The number of rotatable bonds is 4. The molecule has 1 aromatic carbocycles. The molecule has 4 heterocycles. The van der Waals surface area contributed by atoms with E-state index < -0.39 is 5.97 Å². The van der Waals surface area contributed by atoms with Gasteiger partial charge in [-0.25, -0.2) is 14.9 Å². The number of carboxylic acid groups (broad SMARTS) is 1. The van der Waals surface area contributed by atoms with Crippen molar-refractivity contribution in [3.63, 3.8) is 0 Å². The van der Waals surface area contributed by atoms with Crippen LogP contribution in [0.5, 0.6) is 0 Å². The largest absolute Gasteiger partial charge is 0.477 e. The zero-order chi connectivity index (χ0) is 19.4. The van der Waals surface area contributed by atoms with E-state index in [2.05, 4.69) is 20.2 Å². The monoisotopic (exact) mass is 411 g/mol. The van der Waals surface area contributed by atoms with Crippen LogP contribution < -0.4 is 5.56 Å². The molecule has 0 fully saturated rings. The standard InChI is InChI=1S/C18H13N5O3S2/c1-8-13-9(6-12(24)20-15(13)28-14(8)16(25)26)7-27-18-22-21-17-19-10-4-2-3-5-11(10)23(17)18/h2-6H,7H2,1H3,(H,19,21)(H,20,24)(H,25,26). The van der Waals surface area contributed by atoms with Crippen molar-refractivity contribution in [1.82, 2.24) is 24.6 Å². The molecule has 0 aliphatic carbocycles. The summed E-state index contributed by atoms with van der Waals surface area (Å²) in [5.41, 5.74) is 3.02.